The van der Waals surface area contributed by atoms with Crippen LogP contribution in [0.25, 0.3) is 10.9 Å². The predicted octanol–water partition coefficient (Wildman–Crippen LogP) is 6.63. The molecule has 190 valence electrons. The highest BCUT2D eigenvalue weighted by Gasteiger charge is 2.15. The van der Waals surface area contributed by atoms with E-state index >= 15 is 0 Å². The highest BCUT2D eigenvalue weighted by atomic mass is 79.9. The molecule has 7 nitrogen and oxygen atoms in total. The standard InChI is InChI=1S/C26H20BrCl2FN4O3/c1-14(2)25-33-21-8-7-16(27)11-17(21)26(36)34(25)31-12-15-9-18(28)24(19(29)10-15)37-13-23(35)32-22-6-4-3-5-20(22)30/h3-12,14H,13H2,1-2H3,(H,32,35). The molecule has 0 aliphatic carbocycles. The Morgan fingerprint density at radius 3 is 2.57 bits per heavy atom. The minimum atomic E-state index is -0.584. The van der Waals surface area contributed by atoms with Crippen LogP contribution >= 0.6 is 39.1 Å². The van der Waals surface area contributed by atoms with Gasteiger partial charge in [0.1, 0.15) is 11.6 Å². The van der Waals surface area contributed by atoms with Gasteiger partial charge in [-0.2, -0.15) is 9.78 Å². The lowest BCUT2D eigenvalue weighted by Crippen LogP contribution is -2.23. The van der Waals surface area contributed by atoms with Crippen molar-refractivity contribution in [1.29, 1.82) is 0 Å². The maximum absolute atomic E-state index is 13.7. The zero-order valence-corrected chi connectivity index (χ0v) is 22.7. The molecular formula is C26H20BrCl2FN4O3. The average Bonchev–Trinajstić information content (AvgIpc) is 2.84. The van der Waals surface area contributed by atoms with E-state index in [1.54, 1.807) is 18.2 Å². The number of ether oxygens (including phenoxy) is 1. The molecule has 1 N–H and O–H groups in total. The normalized spacial score (nSPS) is 11.4. The Hall–Kier alpha value is -3.27. The summed E-state index contributed by atoms with van der Waals surface area (Å²) in [5, 5.41) is 7.46. The van der Waals surface area contributed by atoms with E-state index in [4.69, 9.17) is 27.9 Å². The maximum atomic E-state index is 13.7. The van der Waals surface area contributed by atoms with E-state index in [-0.39, 0.29) is 33.0 Å². The summed E-state index contributed by atoms with van der Waals surface area (Å²) in [6.45, 7) is 3.40. The summed E-state index contributed by atoms with van der Waals surface area (Å²) in [6, 6.07) is 14.1. The number of amides is 1. The first kappa shape index (κ1) is 26.8. The third-order valence-electron chi connectivity index (χ3n) is 5.19. The van der Waals surface area contributed by atoms with Gasteiger partial charge in [-0.15, -0.1) is 0 Å². The Labute approximate surface area is 230 Å². The second kappa shape index (κ2) is 11.4. The number of nitrogens with one attached hydrogen (secondary N) is 1. The van der Waals surface area contributed by atoms with Crippen LogP contribution in [-0.2, 0) is 4.79 Å². The molecule has 1 heterocycles. The number of benzene rings is 3. The third kappa shape index (κ3) is 6.18. The molecule has 4 aromatic rings. The SMILES string of the molecule is CC(C)c1nc2ccc(Br)cc2c(=O)n1N=Cc1cc(Cl)c(OCC(=O)Nc2ccccc2F)c(Cl)c1. The second-order valence-corrected chi connectivity index (χ2v) is 10.0. The number of carbonyl (C=O) groups is 1. The number of anilines is 1. The van der Waals surface area contributed by atoms with Gasteiger partial charge in [-0.05, 0) is 48.0 Å². The van der Waals surface area contributed by atoms with Crippen LogP contribution in [0.3, 0.4) is 0 Å². The van der Waals surface area contributed by atoms with Gasteiger partial charge in [0.25, 0.3) is 11.5 Å². The number of aromatic nitrogens is 2. The van der Waals surface area contributed by atoms with Crippen LogP contribution in [0.1, 0.15) is 31.2 Å². The maximum Gasteiger partial charge on any atom is 0.282 e. The molecule has 0 saturated carbocycles. The number of hydrogen-bond acceptors (Lipinski definition) is 5. The van der Waals surface area contributed by atoms with Gasteiger partial charge in [0.15, 0.2) is 12.4 Å². The molecule has 0 atom stereocenters. The number of nitrogens with zero attached hydrogens (tertiary/aromatic N) is 3. The third-order valence-corrected chi connectivity index (χ3v) is 6.24. The lowest BCUT2D eigenvalue weighted by atomic mass is 10.2. The largest absolute Gasteiger partial charge is 0.481 e. The number of hydrogen-bond donors (Lipinski definition) is 1. The van der Waals surface area contributed by atoms with Crippen LogP contribution < -0.4 is 15.6 Å². The summed E-state index contributed by atoms with van der Waals surface area (Å²) >= 11 is 16.1. The molecule has 11 heteroatoms. The molecule has 37 heavy (non-hydrogen) atoms. The first-order valence-electron chi connectivity index (χ1n) is 11.1. The molecule has 0 spiro atoms. The molecule has 3 aromatic carbocycles. The van der Waals surface area contributed by atoms with Crippen LogP contribution in [0.4, 0.5) is 10.1 Å². The molecular weight excluding hydrogens is 586 g/mol. The molecule has 0 unspecified atom stereocenters. The summed E-state index contributed by atoms with van der Waals surface area (Å²) < 4.78 is 21.2. The van der Waals surface area contributed by atoms with Crippen molar-refractivity contribution in [2.75, 3.05) is 11.9 Å². The molecule has 0 fully saturated rings. The van der Waals surface area contributed by atoms with Gasteiger partial charge in [0.05, 0.1) is 32.9 Å². The van der Waals surface area contributed by atoms with E-state index in [1.165, 1.54) is 41.2 Å². The van der Waals surface area contributed by atoms with E-state index < -0.39 is 18.3 Å². The summed E-state index contributed by atoms with van der Waals surface area (Å²) in [7, 11) is 0. The van der Waals surface area contributed by atoms with Crippen molar-refractivity contribution >= 4 is 67.8 Å². The van der Waals surface area contributed by atoms with Crippen LogP contribution in [0, 0.1) is 5.82 Å². The second-order valence-electron chi connectivity index (χ2n) is 8.28. The molecule has 4 rings (SSSR count). The van der Waals surface area contributed by atoms with Crippen molar-refractivity contribution < 1.29 is 13.9 Å². The Morgan fingerprint density at radius 1 is 1.19 bits per heavy atom. The summed E-state index contributed by atoms with van der Waals surface area (Å²) in [6.07, 6.45) is 1.44. The monoisotopic (exact) mass is 604 g/mol. The topological polar surface area (TPSA) is 85.6 Å². The zero-order chi connectivity index (χ0) is 26.7. The predicted molar refractivity (Wildman–Crippen MR) is 148 cm³/mol. The molecule has 1 amide bonds. The van der Waals surface area contributed by atoms with Gasteiger partial charge in [0, 0.05) is 10.4 Å². The van der Waals surface area contributed by atoms with Gasteiger partial charge >= 0.3 is 0 Å². The molecule has 0 bridgehead atoms. The Balaban J connectivity index is 1.56. The first-order chi connectivity index (χ1) is 17.6. The number of rotatable bonds is 7. The van der Waals surface area contributed by atoms with Gasteiger partial charge in [0.2, 0.25) is 0 Å². The number of fused-ring (bicyclic) bond motifs is 1. The Morgan fingerprint density at radius 2 is 1.89 bits per heavy atom. The Bertz CT molecular complexity index is 1570. The van der Waals surface area contributed by atoms with Gasteiger partial charge < -0.3 is 10.1 Å². The number of halogens is 4. The van der Waals surface area contributed by atoms with Crippen molar-refractivity contribution in [1.82, 2.24) is 9.66 Å². The molecule has 1 aromatic heterocycles. The van der Waals surface area contributed by atoms with Crippen LogP contribution in [0.15, 0.2) is 69.0 Å². The fourth-order valence-electron chi connectivity index (χ4n) is 3.45. The van der Waals surface area contributed by atoms with Crippen molar-refractivity contribution in [3.8, 4) is 5.75 Å². The Kier molecular flexibility index (Phi) is 8.26. The quantitative estimate of drug-likeness (QED) is 0.240. The lowest BCUT2D eigenvalue weighted by Gasteiger charge is -2.13. The molecule has 0 saturated heterocycles. The number of carbonyl (C=O) groups excluding carboxylic acids is 1. The highest BCUT2D eigenvalue weighted by Crippen LogP contribution is 2.34. The van der Waals surface area contributed by atoms with Crippen LogP contribution in [-0.4, -0.2) is 28.4 Å². The average molecular weight is 606 g/mol. The fraction of sp³-hybridized carbons (Fsp3) is 0.154. The summed E-state index contributed by atoms with van der Waals surface area (Å²) in [4.78, 5) is 29.9. The van der Waals surface area contributed by atoms with E-state index in [9.17, 15) is 14.0 Å². The first-order valence-corrected chi connectivity index (χ1v) is 12.6. The van der Waals surface area contributed by atoms with Crippen molar-refractivity contribution in [3.05, 3.63) is 96.7 Å². The van der Waals surface area contributed by atoms with Crippen molar-refractivity contribution in [2.45, 2.75) is 19.8 Å². The minimum absolute atomic E-state index is 0.0337. The van der Waals surface area contributed by atoms with Gasteiger partial charge in [-0.25, -0.2) is 9.37 Å². The number of para-hydroxylation sites is 1. The van der Waals surface area contributed by atoms with E-state index in [0.717, 1.165) is 4.47 Å². The zero-order valence-electron chi connectivity index (χ0n) is 19.6. The van der Waals surface area contributed by atoms with Crippen molar-refractivity contribution in [3.63, 3.8) is 0 Å². The lowest BCUT2D eigenvalue weighted by molar-refractivity contribution is -0.118. The smallest absolute Gasteiger partial charge is 0.282 e. The van der Waals surface area contributed by atoms with Gasteiger partial charge in [-0.1, -0.05) is 65.1 Å². The summed E-state index contributed by atoms with van der Waals surface area (Å²) in [5.41, 5.74) is 0.791. The van der Waals surface area contributed by atoms with Crippen LogP contribution in [0.2, 0.25) is 10.0 Å². The van der Waals surface area contributed by atoms with Crippen molar-refractivity contribution in [2.24, 2.45) is 5.10 Å². The van der Waals surface area contributed by atoms with E-state index in [0.29, 0.717) is 22.3 Å². The molecule has 0 radical (unpaired) electrons. The molecule has 0 aliphatic heterocycles. The summed E-state index contributed by atoms with van der Waals surface area (Å²) in [5.74, 6) is -0.643. The van der Waals surface area contributed by atoms with Gasteiger partial charge in [-0.3, -0.25) is 9.59 Å². The van der Waals surface area contributed by atoms with E-state index in [1.807, 2.05) is 19.9 Å². The van der Waals surface area contributed by atoms with E-state index in [2.05, 4.69) is 31.3 Å². The molecule has 0 aliphatic rings. The van der Waals surface area contributed by atoms with Crippen LogP contribution in [0.5, 0.6) is 5.75 Å². The highest BCUT2D eigenvalue weighted by molar-refractivity contribution is 9.10. The fourth-order valence-corrected chi connectivity index (χ4v) is 4.43. The minimum Gasteiger partial charge on any atom is -0.481 e.